The number of piperazine rings is 1. The molecule has 2 aliphatic heterocycles. The standard InChI is InChI=1S/C16H26N4O2/c1-22-12-11-20-6-4-15(16(20)21)19-9-7-18(8-10-19)13-14-3-2-5-17-14/h2-3,5,15,17H,4,6-13H2,1H3. The first-order chi connectivity index (χ1) is 10.8. The molecule has 2 fully saturated rings. The minimum absolute atomic E-state index is 0.0875. The van der Waals surface area contributed by atoms with Gasteiger partial charge in [0.1, 0.15) is 0 Å². The minimum Gasteiger partial charge on any atom is -0.383 e. The van der Waals surface area contributed by atoms with Crippen LogP contribution in [0.3, 0.4) is 0 Å². The topological polar surface area (TPSA) is 51.8 Å². The number of hydrogen-bond donors (Lipinski definition) is 1. The van der Waals surface area contributed by atoms with Gasteiger partial charge in [-0.25, -0.2) is 0 Å². The summed E-state index contributed by atoms with van der Waals surface area (Å²) in [6, 6.07) is 4.25. The molecule has 22 heavy (non-hydrogen) atoms. The fourth-order valence-corrected chi connectivity index (χ4v) is 3.42. The average molecular weight is 306 g/mol. The number of ether oxygens (including phenoxy) is 1. The highest BCUT2D eigenvalue weighted by Gasteiger charge is 2.36. The number of nitrogens with one attached hydrogen (secondary N) is 1. The number of hydrogen-bond acceptors (Lipinski definition) is 4. The van der Waals surface area contributed by atoms with E-state index in [1.54, 1.807) is 7.11 Å². The lowest BCUT2D eigenvalue weighted by molar-refractivity contribution is -0.133. The summed E-state index contributed by atoms with van der Waals surface area (Å²) in [4.78, 5) is 22.5. The van der Waals surface area contributed by atoms with Gasteiger partial charge < -0.3 is 14.6 Å². The number of methoxy groups -OCH3 is 1. The number of amides is 1. The first kappa shape index (κ1) is 15.5. The molecule has 1 N–H and O–H groups in total. The van der Waals surface area contributed by atoms with Gasteiger partial charge in [-0.3, -0.25) is 14.6 Å². The zero-order valence-electron chi connectivity index (χ0n) is 13.3. The average Bonchev–Trinajstić information content (AvgIpc) is 3.16. The number of likely N-dealkylation sites (tertiary alicyclic amines) is 1. The van der Waals surface area contributed by atoms with Crippen LogP contribution in [0, 0.1) is 0 Å². The van der Waals surface area contributed by atoms with Crippen molar-refractivity contribution < 1.29 is 9.53 Å². The smallest absolute Gasteiger partial charge is 0.240 e. The molecule has 1 amide bonds. The summed E-state index contributed by atoms with van der Waals surface area (Å²) in [6.07, 6.45) is 2.93. The highest BCUT2D eigenvalue weighted by molar-refractivity contribution is 5.84. The Balaban J connectivity index is 1.46. The maximum atomic E-state index is 12.5. The SMILES string of the molecule is COCCN1CCC(N2CCN(Cc3ccc[nH]3)CC2)C1=O. The van der Waals surface area contributed by atoms with Gasteiger partial charge >= 0.3 is 0 Å². The molecular weight excluding hydrogens is 280 g/mol. The number of nitrogens with zero attached hydrogens (tertiary/aromatic N) is 3. The Bertz CT molecular complexity index is 469. The third-order valence-corrected chi connectivity index (χ3v) is 4.74. The molecule has 3 rings (SSSR count). The molecule has 1 aromatic rings. The van der Waals surface area contributed by atoms with Crippen molar-refractivity contribution in [3.63, 3.8) is 0 Å². The van der Waals surface area contributed by atoms with Crippen molar-refractivity contribution in [3.05, 3.63) is 24.0 Å². The van der Waals surface area contributed by atoms with Gasteiger partial charge in [-0.15, -0.1) is 0 Å². The normalized spacial score (nSPS) is 24.3. The van der Waals surface area contributed by atoms with Crippen molar-refractivity contribution in [2.75, 3.05) is 53.0 Å². The molecule has 0 bridgehead atoms. The number of rotatable bonds is 6. The van der Waals surface area contributed by atoms with Crippen molar-refractivity contribution in [2.45, 2.75) is 19.0 Å². The second kappa shape index (κ2) is 7.26. The second-order valence-electron chi connectivity index (χ2n) is 6.13. The Morgan fingerprint density at radius 3 is 2.77 bits per heavy atom. The van der Waals surface area contributed by atoms with E-state index < -0.39 is 0 Å². The van der Waals surface area contributed by atoms with Crippen molar-refractivity contribution in [3.8, 4) is 0 Å². The van der Waals surface area contributed by atoms with Crippen LogP contribution in [0.1, 0.15) is 12.1 Å². The molecule has 6 nitrogen and oxygen atoms in total. The third kappa shape index (κ3) is 3.51. The molecule has 0 aromatic carbocycles. The molecule has 0 spiro atoms. The van der Waals surface area contributed by atoms with E-state index >= 15 is 0 Å². The van der Waals surface area contributed by atoms with Gasteiger partial charge in [0.05, 0.1) is 12.6 Å². The lowest BCUT2D eigenvalue weighted by Crippen LogP contribution is -2.52. The number of carbonyl (C=O) groups excluding carboxylic acids is 1. The summed E-state index contributed by atoms with van der Waals surface area (Å²) in [5, 5.41) is 0. The number of carbonyl (C=O) groups is 1. The molecule has 2 aliphatic rings. The van der Waals surface area contributed by atoms with E-state index in [1.165, 1.54) is 5.69 Å². The third-order valence-electron chi connectivity index (χ3n) is 4.74. The van der Waals surface area contributed by atoms with Gasteiger partial charge in [0, 0.05) is 64.8 Å². The highest BCUT2D eigenvalue weighted by atomic mass is 16.5. The van der Waals surface area contributed by atoms with Crippen molar-refractivity contribution in [2.24, 2.45) is 0 Å². The van der Waals surface area contributed by atoms with Crippen LogP contribution in [0.4, 0.5) is 0 Å². The van der Waals surface area contributed by atoms with E-state index in [0.29, 0.717) is 6.61 Å². The molecule has 2 saturated heterocycles. The maximum absolute atomic E-state index is 12.5. The highest BCUT2D eigenvalue weighted by Crippen LogP contribution is 2.19. The molecule has 6 heteroatoms. The predicted octanol–water partition coefficient (Wildman–Crippen LogP) is 0.380. The first-order valence-electron chi connectivity index (χ1n) is 8.14. The summed E-state index contributed by atoms with van der Waals surface area (Å²) in [7, 11) is 1.68. The fraction of sp³-hybridized carbons (Fsp3) is 0.688. The Hall–Kier alpha value is -1.37. The lowest BCUT2D eigenvalue weighted by atomic mass is 10.1. The zero-order valence-corrected chi connectivity index (χ0v) is 13.3. The van der Waals surface area contributed by atoms with Gasteiger partial charge in [-0.2, -0.15) is 0 Å². The van der Waals surface area contributed by atoms with Crippen molar-refractivity contribution in [1.29, 1.82) is 0 Å². The Morgan fingerprint density at radius 2 is 2.09 bits per heavy atom. The van der Waals surface area contributed by atoms with Gasteiger partial charge in [-0.1, -0.05) is 0 Å². The van der Waals surface area contributed by atoms with Crippen LogP contribution in [-0.4, -0.2) is 84.6 Å². The summed E-state index contributed by atoms with van der Waals surface area (Å²) >= 11 is 0. The molecule has 0 aliphatic carbocycles. The number of aromatic amines is 1. The first-order valence-corrected chi connectivity index (χ1v) is 8.14. The molecule has 122 valence electrons. The number of H-pyrrole nitrogens is 1. The molecular formula is C16H26N4O2. The predicted molar refractivity (Wildman–Crippen MR) is 84.5 cm³/mol. The van der Waals surface area contributed by atoms with Crippen LogP contribution in [0.2, 0.25) is 0 Å². The summed E-state index contributed by atoms with van der Waals surface area (Å²) in [6.45, 7) is 7.21. The maximum Gasteiger partial charge on any atom is 0.240 e. The van der Waals surface area contributed by atoms with Crippen LogP contribution in [0.15, 0.2) is 18.3 Å². The molecule has 1 aromatic heterocycles. The quantitative estimate of drug-likeness (QED) is 0.825. The van der Waals surface area contributed by atoms with Gasteiger partial charge in [0.25, 0.3) is 0 Å². The summed E-state index contributed by atoms with van der Waals surface area (Å²) in [5.41, 5.74) is 1.26. The van der Waals surface area contributed by atoms with E-state index in [4.69, 9.17) is 4.74 Å². The van der Waals surface area contributed by atoms with E-state index in [1.807, 2.05) is 17.2 Å². The Labute approximate surface area is 132 Å². The molecule has 1 unspecified atom stereocenters. The summed E-state index contributed by atoms with van der Waals surface area (Å²) in [5.74, 6) is 0.287. The molecule has 1 atom stereocenters. The molecule has 3 heterocycles. The van der Waals surface area contributed by atoms with E-state index in [9.17, 15) is 4.79 Å². The second-order valence-corrected chi connectivity index (χ2v) is 6.13. The zero-order chi connectivity index (χ0) is 15.4. The summed E-state index contributed by atoms with van der Waals surface area (Å²) < 4.78 is 5.08. The van der Waals surface area contributed by atoms with Crippen LogP contribution >= 0.6 is 0 Å². The van der Waals surface area contributed by atoms with Crippen LogP contribution in [-0.2, 0) is 16.1 Å². The van der Waals surface area contributed by atoms with E-state index in [-0.39, 0.29) is 11.9 Å². The van der Waals surface area contributed by atoms with Gasteiger partial charge in [0.2, 0.25) is 5.91 Å². The Morgan fingerprint density at radius 1 is 1.27 bits per heavy atom. The van der Waals surface area contributed by atoms with E-state index in [2.05, 4.69) is 20.9 Å². The fourth-order valence-electron chi connectivity index (χ4n) is 3.42. The van der Waals surface area contributed by atoms with Crippen LogP contribution in [0.5, 0.6) is 0 Å². The number of aromatic nitrogens is 1. The monoisotopic (exact) mass is 306 g/mol. The van der Waals surface area contributed by atoms with Crippen LogP contribution in [0.25, 0.3) is 0 Å². The Kier molecular flexibility index (Phi) is 5.12. The largest absolute Gasteiger partial charge is 0.383 e. The molecule has 0 radical (unpaired) electrons. The van der Waals surface area contributed by atoms with Crippen molar-refractivity contribution >= 4 is 5.91 Å². The van der Waals surface area contributed by atoms with Gasteiger partial charge in [-0.05, 0) is 18.6 Å². The van der Waals surface area contributed by atoms with Gasteiger partial charge in [0.15, 0.2) is 0 Å². The van der Waals surface area contributed by atoms with E-state index in [0.717, 1.165) is 52.2 Å². The lowest BCUT2D eigenvalue weighted by Gasteiger charge is -2.37. The van der Waals surface area contributed by atoms with Crippen molar-refractivity contribution in [1.82, 2.24) is 19.7 Å². The van der Waals surface area contributed by atoms with Crippen LogP contribution < -0.4 is 0 Å². The minimum atomic E-state index is 0.0875. The molecule has 0 saturated carbocycles.